The number of nitrogens with one attached hydrogen (secondary N) is 2. The Morgan fingerprint density at radius 3 is 2.53 bits per heavy atom. The van der Waals surface area contributed by atoms with Crippen LogP contribution in [0, 0.1) is 20.8 Å². The van der Waals surface area contributed by atoms with Crippen molar-refractivity contribution in [3.8, 4) is 0 Å². The molecule has 100 valence electrons. The molecule has 0 fully saturated rings. The van der Waals surface area contributed by atoms with Gasteiger partial charge in [0.2, 0.25) is 5.91 Å². The fraction of sp³-hybridized carbons (Fsp3) is 0.286. The minimum Gasteiger partial charge on any atom is -0.370 e. The maximum Gasteiger partial charge on any atom is 0.244 e. The fourth-order valence-electron chi connectivity index (χ4n) is 2.16. The molecule has 5 nitrogen and oxygen atoms in total. The molecule has 0 radical (unpaired) electrons. The van der Waals surface area contributed by atoms with Gasteiger partial charge in [0.25, 0.3) is 0 Å². The summed E-state index contributed by atoms with van der Waals surface area (Å²) in [6.07, 6.45) is 0. The molecule has 0 spiro atoms. The number of hydrogen-bond acceptors (Lipinski definition) is 3. The lowest BCUT2D eigenvalue weighted by Crippen LogP contribution is -2.28. The summed E-state index contributed by atoms with van der Waals surface area (Å²) in [6, 6.07) is 7.20. The Bertz CT molecular complexity index is 584. The highest BCUT2D eigenvalue weighted by atomic mass is 16.1. The Morgan fingerprint density at radius 1 is 1.32 bits per heavy atom. The number of aromatic amines is 1. The molecule has 0 aliphatic rings. The van der Waals surface area contributed by atoms with Crippen molar-refractivity contribution in [2.24, 2.45) is 5.73 Å². The van der Waals surface area contributed by atoms with E-state index in [4.69, 9.17) is 5.73 Å². The van der Waals surface area contributed by atoms with Crippen LogP contribution in [0.1, 0.15) is 28.6 Å². The first-order valence-corrected chi connectivity index (χ1v) is 6.13. The van der Waals surface area contributed by atoms with Crippen molar-refractivity contribution in [3.63, 3.8) is 0 Å². The van der Waals surface area contributed by atoms with Gasteiger partial charge in [0, 0.05) is 16.9 Å². The van der Waals surface area contributed by atoms with Crippen LogP contribution in [0.4, 0.5) is 5.69 Å². The van der Waals surface area contributed by atoms with Crippen LogP contribution >= 0.6 is 0 Å². The van der Waals surface area contributed by atoms with Crippen molar-refractivity contribution in [2.45, 2.75) is 26.8 Å². The number of aryl methyl sites for hydroxylation is 3. The number of carbonyl (C=O) groups excluding carboxylic acids is 1. The first-order valence-electron chi connectivity index (χ1n) is 6.13. The van der Waals surface area contributed by atoms with E-state index >= 15 is 0 Å². The third-order valence-electron chi connectivity index (χ3n) is 3.20. The van der Waals surface area contributed by atoms with Gasteiger partial charge in [-0.15, -0.1) is 0 Å². The molecule has 1 amide bonds. The second-order valence-corrected chi connectivity index (χ2v) is 4.64. The van der Waals surface area contributed by atoms with Gasteiger partial charge in [-0.25, -0.2) is 0 Å². The van der Waals surface area contributed by atoms with E-state index in [0.717, 1.165) is 28.2 Å². The molecule has 1 heterocycles. The van der Waals surface area contributed by atoms with E-state index in [-0.39, 0.29) is 0 Å². The number of hydrogen-bond donors (Lipinski definition) is 3. The molecular weight excluding hydrogens is 240 g/mol. The van der Waals surface area contributed by atoms with E-state index in [1.807, 2.05) is 45.0 Å². The Labute approximate surface area is 112 Å². The number of rotatable bonds is 4. The van der Waals surface area contributed by atoms with E-state index in [2.05, 4.69) is 15.5 Å². The van der Waals surface area contributed by atoms with Crippen LogP contribution in [0.5, 0.6) is 0 Å². The third kappa shape index (κ3) is 2.59. The highest BCUT2D eigenvalue weighted by molar-refractivity contribution is 5.85. The summed E-state index contributed by atoms with van der Waals surface area (Å²) in [5.41, 5.74) is 9.92. The summed E-state index contributed by atoms with van der Waals surface area (Å²) in [7, 11) is 0. The summed E-state index contributed by atoms with van der Waals surface area (Å²) in [5, 5.41) is 10.2. The summed E-state index contributed by atoms with van der Waals surface area (Å²) in [6.45, 7) is 5.72. The maximum atomic E-state index is 11.7. The average molecular weight is 258 g/mol. The molecule has 0 bridgehead atoms. The first kappa shape index (κ1) is 13.1. The molecule has 1 unspecified atom stereocenters. The molecule has 0 aliphatic heterocycles. The number of benzene rings is 1. The number of H-pyrrole nitrogens is 1. The van der Waals surface area contributed by atoms with Crippen molar-refractivity contribution in [2.75, 3.05) is 5.32 Å². The van der Waals surface area contributed by atoms with Crippen LogP contribution in [0.2, 0.25) is 0 Å². The van der Waals surface area contributed by atoms with Crippen LogP contribution < -0.4 is 11.1 Å². The Balaban J connectivity index is 2.38. The molecule has 0 saturated heterocycles. The van der Waals surface area contributed by atoms with Crippen molar-refractivity contribution >= 4 is 11.6 Å². The molecule has 1 atom stereocenters. The van der Waals surface area contributed by atoms with Gasteiger partial charge in [-0.3, -0.25) is 9.89 Å². The molecule has 0 aliphatic carbocycles. The number of amides is 1. The van der Waals surface area contributed by atoms with Gasteiger partial charge in [0.15, 0.2) is 0 Å². The normalized spacial score (nSPS) is 12.2. The Hall–Kier alpha value is -2.30. The topological polar surface area (TPSA) is 83.8 Å². The molecule has 2 rings (SSSR count). The summed E-state index contributed by atoms with van der Waals surface area (Å²) in [5.74, 6) is -0.421. The van der Waals surface area contributed by atoms with E-state index in [0.29, 0.717) is 0 Å². The minimum absolute atomic E-state index is 0.421. The largest absolute Gasteiger partial charge is 0.370 e. The first-order chi connectivity index (χ1) is 9.00. The Morgan fingerprint density at radius 2 is 2.00 bits per heavy atom. The van der Waals surface area contributed by atoms with Crippen LogP contribution in [0.15, 0.2) is 24.3 Å². The van der Waals surface area contributed by atoms with Gasteiger partial charge in [-0.1, -0.05) is 18.2 Å². The average Bonchev–Trinajstić information content (AvgIpc) is 2.68. The summed E-state index contributed by atoms with van der Waals surface area (Å²) < 4.78 is 0. The van der Waals surface area contributed by atoms with Crippen LogP contribution in [0.25, 0.3) is 0 Å². The van der Waals surface area contributed by atoms with E-state index in [9.17, 15) is 4.79 Å². The predicted molar refractivity (Wildman–Crippen MR) is 74.8 cm³/mol. The van der Waals surface area contributed by atoms with Crippen LogP contribution in [-0.2, 0) is 4.79 Å². The van der Waals surface area contributed by atoms with Crippen molar-refractivity contribution < 1.29 is 4.79 Å². The number of aromatic nitrogens is 2. The second-order valence-electron chi connectivity index (χ2n) is 4.64. The van der Waals surface area contributed by atoms with Gasteiger partial charge in [-0.05, 0) is 32.4 Å². The molecular formula is C14H18N4O. The molecule has 19 heavy (non-hydrogen) atoms. The lowest BCUT2D eigenvalue weighted by molar-refractivity contribution is -0.118. The zero-order chi connectivity index (χ0) is 14.0. The van der Waals surface area contributed by atoms with Crippen molar-refractivity contribution in [1.82, 2.24) is 10.2 Å². The number of carbonyl (C=O) groups is 1. The highest BCUT2D eigenvalue weighted by Crippen LogP contribution is 2.25. The van der Waals surface area contributed by atoms with Crippen molar-refractivity contribution in [1.29, 1.82) is 0 Å². The Kier molecular flexibility index (Phi) is 3.55. The maximum absolute atomic E-state index is 11.7. The quantitative estimate of drug-likeness (QED) is 0.784. The van der Waals surface area contributed by atoms with E-state index in [1.165, 1.54) is 0 Å². The fourth-order valence-corrected chi connectivity index (χ4v) is 2.16. The molecule has 2 aromatic rings. The molecule has 1 aromatic heterocycles. The standard InChI is InChI=1S/C14H18N4O/c1-8-6-4-5-7-11(8)16-13(14(15)19)12-9(2)17-18-10(12)3/h4-7,13,16H,1-3H3,(H2,15,19)(H,17,18). The lowest BCUT2D eigenvalue weighted by Gasteiger charge is -2.18. The predicted octanol–water partition coefficient (Wildman–Crippen LogP) is 1.97. The molecule has 0 saturated carbocycles. The molecule has 1 aromatic carbocycles. The number of nitrogens with two attached hydrogens (primary N) is 1. The second kappa shape index (κ2) is 5.14. The van der Waals surface area contributed by atoms with E-state index < -0.39 is 11.9 Å². The van der Waals surface area contributed by atoms with Gasteiger partial charge < -0.3 is 11.1 Å². The van der Waals surface area contributed by atoms with Crippen molar-refractivity contribution in [3.05, 3.63) is 46.8 Å². The lowest BCUT2D eigenvalue weighted by atomic mass is 10.0. The molecule has 5 heteroatoms. The van der Waals surface area contributed by atoms with Gasteiger partial charge in [0.1, 0.15) is 6.04 Å². The highest BCUT2D eigenvalue weighted by Gasteiger charge is 2.24. The molecule has 4 N–H and O–H groups in total. The van der Waals surface area contributed by atoms with Crippen LogP contribution in [0.3, 0.4) is 0 Å². The number of primary amides is 1. The number of nitrogens with zero attached hydrogens (tertiary/aromatic N) is 1. The monoisotopic (exact) mass is 258 g/mol. The number of anilines is 1. The smallest absolute Gasteiger partial charge is 0.244 e. The SMILES string of the molecule is Cc1ccccc1NC(C(N)=O)c1c(C)n[nH]c1C. The number of para-hydroxylation sites is 1. The van der Waals surface area contributed by atoms with Gasteiger partial charge >= 0.3 is 0 Å². The zero-order valence-corrected chi connectivity index (χ0v) is 11.3. The van der Waals surface area contributed by atoms with Crippen LogP contribution in [-0.4, -0.2) is 16.1 Å². The summed E-state index contributed by atoms with van der Waals surface area (Å²) in [4.78, 5) is 11.7. The van der Waals surface area contributed by atoms with E-state index in [1.54, 1.807) is 0 Å². The third-order valence-corrected chi connectivity index (χ3v) is 3.20. The zero-order valence-electron chi connectivity index (χ0n) is 11.3. The minimum atomic E-state index is -0.583. The summed E-state index contributed by atoms with van der Waals surface area (Å²) >= 11 is 0. The van der Waals surface area contributed by atoms with Gasteiger partial charge in [0.05, 0.1) is 5.69 Å². The van der Waals surface area contributed by atoms with Gasteiger partial charge in [-0.2, -0.15) is 5.10 Å².